The fourth-order valence-electron chi connectivity index (χ4n) is 0.685. The lowest BCUT2D eigenvalue weighted by Crippen LogP contribution is -1.99. The quantitative estimate of drug-likeness (QED) is 0.711. The highest BCUT2D eigenvalue weighted by atomic mass is 35.5. The maximum absolute atomic E-state index is 10.4. The van der Waals surface area contributed by atoms with Crippen LogP contribution in [0.4, 0.5) is 0 Å². The molecule has 4 heteroatoms. The molecular formula is C9H12ClNO2. The van der Waals surface area contributed by atoms with Gasteiger partial charge in [0, 0.05) is 5.69 Å². The fourth-order valence-corrected chi connectivity index (χ4v) is 0.962. The van der Waals surface area contributed by atoms with Crippen molar-refractivity contribution in [2.24, 2.45) is 0 Å². The number of hydrogen-bond donors (Lipinski definition) is 1. The van der Waals surface area contributed by atoms with E-state index >= 15 is 0 Å². The van der Waals surface area contributed by atoms with Crippen LogP contribution in [0, 0.1) is 6.92 Å². The normalized spacial score (nSPS) is 8.62. The zero-order valence-electron chi connectivity index (χ0n) is 7.84. The van der Waals surface area contributed by atoms with Gasteiger partial charge in [0.15, 0.2) is 0 Å². The molecule has 1 N–H and O–H groups in total. The van der Waals surface area contributed by atoms with Gasteiger partial charge in [-0.25, -0.2) is 9.78 Å². The Bertz CT molecular complexity index is 300. The SMILES string of the molecule is CC.Cc1ccc(C(=O)O)c(Cl)n1. The summed E-state index contributed by atoms with van der Waals surface area (Å²) >= 11 is 5.53. The zero-order chi connectivity index (χ0) is 10.4. The van der Waals surface area contributed by atoms with Crippen LogP contribution in [0.2, 0.25) is 5.15 Å². The molecule has 0 unspecified atom stereocenters. The Morgan fingerprint density at radius 2 is 2.00 bits per heavy atom. The molecule has 3 nitrogen and oxygen atoms in total. The molecule has 0 atom stereocenters. The largest absolute Gasteiger partial charge is 0.478 e. The van der Waals surface area contributed by atoms with Crippen molar-refractivity contribution in [1.29, 1.82) is 0 Å². The Labute approximate surface area is 82.4 Å². The van der Waals surface area contributed by atoms with Crippen molar-refractivity contribution in [2.45, 2.75) is 20.8 Å². The molecule has 0 aliphatic heterocycles. The molecule has 0 fully saturated rings. The molecule has 0 aliphatic rings. The topological polar surface area (TPSA) is 50.2 Å². The number of carbonyl (C=O) groups is 1. The predicted octanol–water partition coefficient (Wildman–Crippen LogP) is 2.77. The maximum Gasteiger partial charge on any atom is 0.338 e. The highest BCUT2D eigenvalue weighted by Gasteiger charge is 2.08. The van der Waals surface area contributed by atoms with E-state index in [0.717, 1.165) is 0 Å². The standard InChI is InChI=1S/C7H6ClNO2.C2H6/c1-4-2-3-5(7(10)11)6(8)9-4;1-2/h2-3H,1H3,(H,10,11);1-2H3. The molecule has 72 valence electrons. The molecule has 0 saturated carbocycles. The van der Waals surface area contributed by atoms with Gasteiger partial charge in [0.2, 0.25) is 0 Å². The summed E-state index contributed by atoms with van der Waals surface area (Å²) in [5.41, 5.74) is 0.747. The number of aromatic carboxylic acids is 1. The highest BCUT2D eigenvalue weighted by molar-refractivity contribution is 6.32. The molecule has 0 aromatic carbocycles. The third-order valence-electron chi connectivity index (χ3n) is 1.22. The number of carboxylic acids is 1. The van der Waals surface area contributed by atoms with E-state index in [4.69, 9.17) is 16.7 Å². The van der Waals surface area contributed by atoms with E-state index in [1.54, 1.807) is 13.0 Å². The number of aryl methyl sites for hydroxylation is 1. The van der Waals surface area contributed by atoms with Gasteiger partial charge in [-0.1, -0.05) is 25.4 Å². The van der Waals surface area contributed by atoms with Crippen LogP contribution < -0.4 is 0 Å². The Hall–Kier alpha value is -1.09. The van der Waals surface area contributed by atoms with Crippen LogP contribution >= 0.6 is 11.6 Å². The predicted molar refractivity (Wildman–Crippen MR) is 52.3 cm³/mol. The number of carboxylic acid groups (broad SMARTS) is 1. The number of nitrogens with zero attached hydrogens (tertiary/aromatic N) is 1. The molecule has 1 heterocycles. The van der Waals surface area contributed by atoms with E-state index in [0.29, 0.717) is 5.69 Å². The van der Waals surface area contributed by atoms with Crippen molar-refractivity contribution in [3.63, 3.8) is 0 Å². The van der Waals surface area contributed by atoms with Crippen molar-refractivity contribution in [1.82, 2.24) is 4.98 Å². The molecule has 0 saturated heterocycles. The van der Waals surface area contributed by atoms with E-state index in [1.165, 1.54) is 6.07 Å². The molecule has 0 spiro atoms. The van der Waals surface area contributed by atoms with Crippen LogP contribution in [0.5, 0.6) is 0 Å². The van der Waals surface area contributed by atoms with Gasteiger partial charge in [-0.15, -0.1) is 0 Å². The molecular weight excluding hydrogens is 190 g/mol. The maximum atomic E-state index is 10.4. The minimum absolute atomic E-state index is 0.0391. The zero-order valence-corrected chi connectivity index (χ0v) is 8.59. The van der Waals surface area contributed by atoms with Crippen LogP contribution in [-0.4, -0.2) is 16.1 Å². The van der Waals surface area contributed by atoms with E-state index in [9.17, 15) is 4.79 Å². The molecule has 1 aromatic rings. The lowest BCUT2D eigenvalue weighted by atomic mass is 10.2. The lowest BCUT2D eigenvalue weighted by Gasteiger charge is -1.97. The van der Waals surface area contributed by atoms with Crippen molar-refractivity contribution >= 4 is 17.6 Å². The van der Waals surface area contributed by atoms with Crippen molar-refractivity contribution in [3.8, 4) is 0 Å². The first-order chi connectivity index (χ1) is 6.11. The first kappa shape index (κ1) is 11.9. The second kappa shape index (κ2) is 5.54. The number of hydrogen-bond acceptors (Lipinski definition) is 2. The van der Waals surface area contributed by atoms with E-state index < -0.39 is 5.97 Å². The second-order valence-corrected chi connectivity index (χ2v) is 2.45. The van der Waals surface area contributed by atoms with Crippen LogP contribution in [0.1, 0.15) is 29.9 Å². The summed E-state index contributed by atoms with van der Waals surface area (Å²) in [5, 5.41) is 8.57. The smallest absolute Gasteiger partial charge is 0.338 e. The van der Waals surface area contributed by atoms with Gasteiger partial charge in [0.1, 0.15) is 5.15 Å². The first-order valence-electron chi connectivity index (χ1n) is 3.97. The number of pyridine rings is 1. The molecule has 0 amide bonds. The highest BCUT2D eigenvalue weighted by Crippen LogP contribution is 2.12. The van der Waals surface area contributed by atoms with Crippen LogP contribution in [-0.2, 0) is 0 Å². The van der Waals surface area contributed by atoms with E-state index in [-0.39, 0.29) is 10.7 Å². The van der Waals surface area contributed by atoms with E-state index in [2.05, 4.69) is 4.98 Å². The summed E-state index contributed by atoms with van der Waals surface area (Å²) in [4.78, 5) is 14.2. The summed E-state index contributed by atoms with van der Waals surface area (Å²) < 4.78 is 0. The summed E-state index contributed by atoms with van der Waals surface area (Å²) in [6.07, 6.45) is 0. The lowest BCUT2D eigenvalue weighted by molar-refractivity contribution is 0.0696. The minimum Gasteiger partial charge on any atom is -0.478 e. The Kier molecular flexibility index (Phi) is 5.07. The average molecular weight is 202 g/mol. The Morgan fingerprint density at radius 3 is 2.38 bits per heavy atom. The number of rotatable bonds is 1. The average Bonchev–Trinajstić information content (AvgIpc) is 2.07. The minimum atomic E-state index is -1.05. The van der Waals surface area contributed by atoms with Crippen LogP contribution in [0.3, 0.4) is 0 Å². The monoisotopic (exact) mass is 201 g/mol. The van der Waals surface area contributed by atoms with Gasteiger partial charge >= 0.3 is 5.97 Å². The molecule has 1 aromatic heterocycles. The Balaban J connectivity index is 0.000000671. The molecule has 1 rings (SSSR count). The van der Waals surface area contributed by atoms with Gasteiger partial charge in [-0.2, -0.15) is 0 Å². The van der Waals surface area contributed by atoms with Gasteiger partial charge in [-0.05, 0) is 19.1 Å². The summed E-state index contributed by atoms with van der Waals surface area (Å²) in [7, 11) is 0. The van der Waals surface area contributed by atoms with Gasteiger partial charge in [0.05, 0.1) is 5.56 Å². The third kappa shape index (κ3) is 3.42. The van der Waals surface area contributed by atoms with Crippen molar-refractivity contribution in [3.05, 3.63) is 28.5 Å². The summed E-state index contributed by atoms with van der Waals surface area (Å²) in [6.45, 7) is 5.75. The van der Waals surface area contributed by atoms with Gasteiger partial charge in [-0.3, -0.25) is 0 Å². The fraction of sp³-hybridized carbons (Fsp3) is 0.333. The summed E-state index contributed by atoms with van der Waals surface area (Å²) in [5.74, 6) is -1.05. The number of halogens is 1. The molecule has 0 radical (unpaired) electrons. The Morgan fingerprint density at radius 1 is 1.46 bits per heavy atom. The van der Waals surface area contributed by atoms with Crippen LogP contribution in [0.25, 0.3) is 0 Å². The van der Waals surface area contributed by atoms with Crippen molar-refractivity contribution < 1.29 is 9.90 Å². The summed E-state index contributed by atoms with van der Waals surface area (Å²) in [6, 6.07) is 3.04. The molecule has 0 bridgehead atoms. The number of aromatic nitrogens is 1. The molecule has 13 heavy (non-hydrogen) atoms. The second-order valence-electron chi connectivity index (χ2n) is 2.10. The first-order valence-corrected chi connectivity index (χ1v) is 4.35. The van der Waals surface area contributed by atoms with Crippen LogP contribution in [0.15, 0.2) is 12.1 Å². The van der Waals surface area contributed by atoms with Crippen molar-refractivity contribution in [2.75, 3.05) is 0 Å². The third-order valence-corrected chi connectivity index (χ3v) is 1.51. The molecule has 0 aliphatic carbocycles. The van der Waals surface area contributed by atoms with Gasteiger partial charge in [0.25, 0.3) is 0 Å². The van der Waals surface area contributed by atoms with E-state index in [1.807, 2.05) is 13.8 Å². The van der Waals surface area contributed by atoms with Gasteiger partial charge < -0.3 is 5.11 Å².